The van der Waals surface area contributed by atoms with Gasteiger partial charge in [0.2, 0.25) is 11.8 Å². The highest BCUT2D eigenvalue weighted by Crippen LogP contribution is 2.38. The number of nitrogens with one attached hydrogen (secondary N) is 1. The average molecular weight is 958 g/mol. The Morgan fingerprint density at radius 2 is 1.53 bits per heavy atom. The number of hydrogen-bond donors (Lipinski definition) is 1. The molecule has 1 N–H and O–H groups in total. The lowest BCUT2D eigenvalue weighted by atomic mass is 9.75. The number of rotatable bonds is 12. The lowest BCUT2D eigenvalue weighted by Crippen LogP contribution is -2.52. The molecule has 8 heterocycles. The first-order valence-electron chi connectivity index (χ1n) is 24.0. The van der Waals surface area contributed by atoms with Gasteiger partial charge >= 0.3 is 11.9 Å². The maximum atomic E-state index is 14.7. The molecule has 6 aromatic rings. The summed E-state index contributed by atoms with van der Waals surface area (Å²) < 4.78 is 54.0. The summed E-state index contributed by atoms with van der Waals surface area (Å²) in [6.07, 6.45) is 1.82. The molecule has 11 rings (SSSR count). The molecule has 5 aliphatic rings. The molecule has 0 radical (unpaired) electrons. The maximum absolute atomic E-state index is 14.7. The minimum Gasteiger partial charge on any atom is -0.379 e. The Hall–Kier alpha value is -6.83. The maximum Gasteiger partial charge on any atom is 0.418 e. The summed E-state index contributed by atoms with van der Waals surface area (Å²) in [5.41, 5.74) is 4.79. The number of imidazole rings is 1. The van der Waals surface area contributed by atoms with Crippen LogP contribution in [-0.2, 0) is 58.9 Å². The van der Waals surface area contributed by atoms with Crippen molar-refractivity contribution in [2.24, 2.45) is 7.05 Å². The molecule has 5 aliphatic heterocycles. The highest BCUT2D eigenvalue weighted by Gasteiger charge is 2.43. The van der Waals surface area contributed by atoms with Gasteiger partial charge in [0.1, 0.15) is 18.2 Å². The van der Waals surface area contributed by atoms with Gasteiger partial charge in [-0.2, -0.15) is 13.2 Å². The van der Waals surface area contributed by atoms with Gasteiger partial charge in [0.15, 0.2) is 0 Å². The number of halogens is 3. The van der Waals surface area contributed by atoms with Crippen molar-refractivity contribution < 1.29 is 32.3 Å². The van der Waals surface area contributed by atoms with Crippen molar-refractivity contribution in [3.63, 3.8) is 0 Å². The van der Waals surface area contributed by atoms with Crippen LogP contribution in [0.1, 0.15) is 56.8 Å². The standard InChI is InChI=1S/C51H54F3N11O5/c1-58-33-55-57-45(58)26-50(31-70-32-50)37-3-2-4-40(25-37)63-30-44-42(51(52,53)54)23-35(28-65(44)49(63)69)27-60-17-15-59(16-18-60)14-13-34-5-7-38(8-6-34)61-19-21-62(22-20-61)39-9-10-41-36(24-39)29-64(48(41)68)43-11-12-46(66)56-47(43)67/h2-10,23-25,28,30,33,43H,11-22,26-27,29,31-32H2,1H3,(H,56,66,67)/t43-/m1/s1. The Balaban J connectivity index is 0.675. The Bertz CT molecular complexity index is 3040. The first kappa shape index (κ1) is 45.6. The van der Waals surface area contributed by atoms with E-state index in [1.165, 1.54) is 28.1 Å². The normalized spacial score (nSPS) is 20.0. The number of benzene rings is 3. The zero-order valence-corrected chi connectivity index (χ0v) is 38.9. The van der Waals surface area contributed by atoms with E-state index in [2.05, 4.69) is 65.4 Å². The van der Waals surface area contributed by atoms with Crippen LogP contribution in [0.25, 0.3) is 11.2 Å². The van der Waals surface area contributed by atoms with Gasteiger partial charge in [-0.1, -0.05) is 24.3 Å². The van der Waals surface area contributed by atoms with E-state index in [0.717, 1.165) is 79.3 Å². The third-order valence-corrected chi connectivity index (χ3v) is 15.0. The Morgan fingerprint density at radius 1 is 0.800 bits per heavy atom. The number of fused-ring (bicyclic) bond motifs is 2. The highest BCUT2D eigenvalue weighted by molar-refractivity contribution is 6.05. The van der Waals surface area contributed by atoms with E-state index in [0.29, 0.717) is 69.0 Å². The van der Waals surface area contributed by atoms with Crippen LogP contribution in [0.4, 0.5) is 24.5 Å². The number of aryl methyl sites for hydroxylation is 1. The topological polar surface area (TPSA) is 146 Å². The molecule has 0 bridgehead atoms. The van der Waals surface area contributed by atoms with Crippen LogP contribution in [0.15, 0.2) is 96.3 Å². The molecule has 16 nitrogen and oxygen atoms in total. The number of aromatic nitrogens is 5. The molecule has 19 heteroatoms. The van der Waals surface area contributed by atoms with Crippen LogP contribution in [0.5, 0.6) is 0 Å². The zero-order chi connectivity index (χ0) is 48.3. The van der Waals surface area contributed by atoms with E-state index in [-0.39, 0.29) is 23.8 Å². The summed E-state index contributed by atoms with van der Waals surface area (Å²) in [5.74, 6) is -0.0887. The number of nitrogens with zero attached hydrogens (tertiary/aromatic N) is 10. The molecular weight excluding hydrogens is 904 g/mol. The van der Waals surface area contributed by atoms with Crippen LogP contribution in [0, 0.1) is 0 Å². The predicted octanol–water partition coefficient (Wildman–Crippen LogP) is 4.20. The fraction of sp³-hybridized carbons (Fsp3) is 0.412. The van der Waals surface area contributed by atoms with Crippen molar-refractivity contribution in [1.29, 1.82) is 0 Å². The molecule has 364 valence electrons. The fourth-order valence-electron chi connectivity index (χ4n) is 10.8. The van der Waals surface area contributed by atoms with E-state index < -0.39 is 34.8 Å². The van der Waals surface area contributed by atoms with Gasteiger partial charge in [-0.25, -0.2) is 4.79 Å². The second kappa shape index (κ2) is 18.2. The van der Waals surface area contributed by atoms with Crippen LogP contribution in [0.2, 0.25) is 0 Å². The molecule has 0 saturated carbocycles. The number of imide groups is 1. The van der Waals surface area contributed by atoms with Crippen molar-refractivity contribution >= 4 is 34.6 Å². The zero-order valence-electron chi connectivity index (χ0n) is 38.9. The van der Waals surface area contributed by atoms with Crippen molar-refractivity contribution in [3.8, 4) is 5.69 Å². The first-order chi connectivity index (χ1) is 33.8. The number of hydrogen-bond acceptors (Lipinski definition) is 11. The Labute approximate surface area is 401 Å². The number of piperidine rings is 1. The number of carbonyl (C=O) groups is 3. The molecule has 0 aliphatic carbocycles. The lowest BCUT2D eigenvalue weighted by Gasteiger charge is -2.41. The summed E-state index contributed by atoms with van der Waals surface area (Å²) in [4.78, 5) is 62.1. The molecule has 4 fully saturated rings. The van der Waals surface area contributed by atoms with E-state index in [9.17, 15) is 32.3 Å². The number of piperazine rings is 2. The molecular formula is C51H54F3N11O5. The SMILES string of the molecule is Cn1cnnc1CC1(c2cccc(-n3cc4c(C(F)(F)F)cc(CN5CCN(CCc6ccc(N7CCN(c8ccc9c(c8)CN([C@@H]8CCC(=O)NC8=O)C9=O)CC7)cc6)CC5)cn4c3=O)c2)COC1. The van der Waals surface area contributed by atoms with Crippen molar-refractivity contribution in [1.82, 2.24) is 43.7 Å². The monoisotopic (exact) mass is 957 g/mol. The summed E-state index contributed by atoms with van der Waals surface area (Å²) in [5, 5.41) is 10.6. The third kappa shape index (κ3) is 8.74. The average Bonchev–Trinajstić information content (AvgIpc) is 4.02. The van der Waals surface area contributed by atoms with Gasteiger partial charge in [0, 0.05) is 127 Å². The Kier molecular flexibility index (Phi) is 11.8. The van der Waals surface area contributed by atoms with Gasteiger partial charge in [-0.05, 0) is 83.6 Å². The summed E-state index contributed by atoms with van der Waals surface area (Å²) in [6, 6.07) is 22.6. The largest absolute Gasteiger partial charge is 0.418 e. The number of carbonyl (C=O) groups excluding carboxylic acids is 3. The molecule has 3 amide bonds. The minimum absolute atomic E-state index is 0.168. The van der Waals surface area contributed by atoms with E-state index in [1.54, 1.807) is 23.5 Å². The van der Waals surface area contributed by atoms with Crippen LogP contribution >= 0.6 is 0 Å². The number of alkyl halides is 3. The molecule has 3 aromatic carbocycles. The van der Waals surface area contributed by atoms with E-state index in [4.69, 9.17) is 4.74 Å². The fourth-order valence-corrected chi connectivity index (χ4v) is 10.8. The van der Waals surface area contributed by atoms with E-state index >= 15 is 0 Å². The number of amides is 3. The van der Waals surface area contributed by atoms with Gasteiger partial charge < -0.3 is 28.9 Å². The number of pyridine rings is 1. The molecule has 1 atom stereocenters. The summed E-state index contributed by atoms with van der Waals surface area (Å²) in [6.45, 7) is 8.69. The quantitative estimate of drug-likeness (QED) is 0.176. The van der Waals surface area contributed by atoms with Crippen LogP contribution in [0.3, 0.4) is 0 Å². The smallest absolute Gasteiger partial charge is 0.379 e. The van der Waals surface area contributed by atoms with Gasteiger partial charge in [-0.3, -0.25) is 33.6 Å². The molecule has 4 saturated heterocycles. The number of ether oxygens (including phenoxy) is 1. The second-order valence-electron chi connectivity index (χ2n) is 19.4. The van der Waals surface area contributed by atoms with Crippen LogP contribution in [-0.4, -0.2) is 134 Å². The van der Waals surface area contributed by atoms with Gasteiger partial charge in [0.25, 0.3) is 5.91 Å². The molecule has 70 heavy (non-hydrogen) atoms. The third-order valence-electron chi connectivity index (χ3n) is 15.0. The molecule has 0 spiro atoms. The van der Waals surface area contributed by atoms with Crippen molar-refractivity contribution in [2.75, 3.05) is 81.9 Å². The molecule has 0 unspecified atom stereocenters. The Morgan fingerprint density at radius 3 is 2.21 bits per heavy atom. The van der Waals surface area contributed by atoms with Gasteiger partial charge in [0.05, 0.1) is 30.0 Å². The lowest BCUT2D eigenvalue weighted by molar-refractivity contribution is -0.137. The van der Waals surface area contributed by atoms with Gasteiger partial charge in [-0.15, -0.1) is 10.2 Å². The second-order valence-corrected chi connectivity index (χ2v) is 19.4. The van der Waals surface area contributed by atoms with E-state index in [1.807, 2.05) is 41.9 Å². The summed E-state index contributed by atoms with van der Waals surface area (Å²) >= 11 is 0. The van der Waals surface area contributed by atoms with Crippen LogP contribution < -0.4 is 20.8 Å². The first-order valence-corrected chi connectivity index (χ1v) is 24.0. The summed E-state index contributed by atoms with van der Waals surface area (Å²) in [7, 11) is 1.88. The van der Waals surface area contributed by atoms with Crippen molar-refractivity contribution in [3.05, 3.63) is 141 Å². The predicted molar refractivity (Wildman–Crippen MR) is 254 cm³/mol. The molecule has 3 aromatic heterocycles. The highest BCUT2D eigenvalue weighted by atomic mass is 19.4. The van der Waals surface area contributed by atoms with Crippen molar-refractivity contribution in [2.45, 2.75) is 56.4 Å². The number of anilines is 2. The minimum atomic E-state index is -4.67.